The van der Waals surface area contributed by atoms with E-state index in [1.54, 1.807) is 26.0 Å². The second-order valence-corrected chi connectivity index (χ2v) is 12.1. The number of ketones is 1. The van der Waals surface area contributed by atoms with Crippen LogP contribution in [-0.2, 0) is 35.3 Å². The van der Waals surface area contributed by atoms with Gasteiger partial charge in [-0.1, -0.05) is 58.9 Å². The van der Waals surface area contributed by atoms with Gasteiger partial charge >= 0.3 is 0 Å². The maximum Gasteiger partial charge on any atom is 0.239 e. The summed E-state index contributed by atoms with van der Waals surface area (Å²) < 4.78 is 31.8. The zero-order valence-electron chi connectivity index (χ0n) is 19.1. The van der Waals surface area contributed by atoms with Crippen LogP contribution in [0.25, 0.3) is 0 Å². The number of nitrogens with one attached hydrogen (secondary N) is 1. The molecule has 2 rings (SSSR count). The van der Waals surface area contributed by atoms with Crippen LogP contribution in [0.3, 0.4) is 0 Å². The fraction of sp³-hybridized carbons (Fsp3) is 0.652. The number of carbonyl (C=O) groups is 2. The van der Waals surface area contributed by atoms with Crippen molar-refractivity contribution in [1.29, 1.82) is 0 Å². The van der Waals surface area contributed by atoms with Crippen LogP contribution in [0.2, 0.25) is 0 Å². The third kappa shape index (κ3) is 5.49. The number of sulfone groups is 1. The zero-order valence-corrected chi connectivity index (χ0v) is 19.9. The van der Waals surface area contributed by atoms with Crippen molar-refractivity contribution < 1.29 is 22.7 Å². The number of ether oxygens (including phenoxy) is 1. The summed E-state index contributed by atoms with van der Waals surface area (Å²) in [5, 5.41) is 1.46. The second kappa shape index (κ2) is 8.79. The molecule has 1 aromatic carbocycles. The molecule has 1 heterocycles. The van der Waals surface area contributed by atoms with Gasteiger partial charge in [0.25, 0.3) is 0 Å². The molecule has 0 spiro atoms. The van der Waals surface area contributed by atoms with Crippen LogP contribution in [0.5, 0.6) is 0 Å². The van der Waals surface area contributed by atoms with Crippen LogP contribution in [0, 0.1) is 5.92 Å². The molecule has 0 aliphatic carbocycles. The molecule has 30 heavy (non-hydrogen) atoms. The standard InChI is InChI=1S/C23H35NO5S/c1-15(2)12-19(21(26)24-23(7)16(3)29-13-20(23)25)30(27,28)14-17-8-10-18(11-9-17)22(4,5)6/h8-11,15-16,19H,12-14H2,1-7H3,(H,24,26)/t16-,19-,23-/m1/s1. The third-order valence-corrected chi connectivity index (χ3v) is 7.85. The van der Waals surface area contributed by atoms with E-state index in [4.69, 9.17) is 4.74 Å². The van der Waals surface area contributed by atoms with E-state index in [0.717, 1.165) is 5.56 Å². The highest BCUT2D eigenvalue weighted by Crippen LogP contribution is 2.26. The maximum absolute atomic E-state index is 13.2. The predicted octanol–water partition coefficient (Wildman–Crippen LogP) is 3.18. The lowest BCUT2D eigenvalue weighted by molar-refractivity contribution is -0.129. The highest BCUT2D eigenvalue weighted by Gasteiger charge is 2.48. The number of carbonyl (C=O) groups excluding carboxylic acids is 2. The molecule has 1 aliphatic heterocycles. The Labute approximate surface area is 180 Å². The predicted molar refractivity (Wildman–Crippen MR) is 118 cm³/mol. The Balaban J connectivity index is 2.26. The maximum atomic E-state index is 13.2. The second-order valence-electron chi connectivity index (χ2n) is 9.94. The Morgan fingerprint density at radius 1 is 1.23 bits per heavy atom. The van der Waals surface area contributed by atoms with Gasteiger partial charge in [-0.3, -0.25) is 9.59 Å². The van der Waals surface area contributed by atoms with Crippen molar-refractivity contribution in [1.82, 2.24) is 5.32 Å². The molecule has 168 valence electrons. The molecule has 0 saturated carbocycles. The largest absolute Gasteiger partial charge is 0.368 e. The highest BCUT2D eigenvalue weighted by molar-refractivity contribution is 7.92. The Bertz CT molecular complexity index is 883. The van der Waals surface area contributed by atoms with Crippen LogP contribution < -0.4 is 5.32 Å². The van der Waals surface area contributed by atoms with Gasteiger partial charge in [-0.15, -0.1) is 0 Å². The average Bonchev–Trinajstić information content (AvgIpc) is 2.86. The summed E-state index contributed by atoms with van der Waals surface area (Å²) in [4.78, 5) is 25.3. The molecule has 1 aromatic rings. The summed E-state index contributed by atoms with van der Waals surface area (Å²) in [6.07, 6.45) is -0.324. The van der Waals surface area contributed by atoms with Gasteiger partial charge in [0, 0.05) is 0 Å². The van der Waals surface area contributed by atoms with Crippen LogP contribution in [0.1, 0.15) is 66.0 Å². The summed E-state index contributed by atoms with van der Waals surface area (Å²) in [5.74, 6) is -1.11. The van der Waals surface area contributed by atoms with Gasteiger partial charge in [0.05, 0.1) is 11.9 Å². The van der Waals surface area contributed by atoms with Crippen molar-refractivity contribution in [2.75, 3.05) is 6.61 Å². The number of Topliss-reactive ketones (excluding diaryl/α,β-unsaturated/α-hetero) is 1. The van der Waals surface area contributed by atoms with Crippen molar-refractivity contribution >= 4 is 21.5 Å². The number of benzene rings is 1. The lowest BCUT2D eigenvalue weighted by Crippen LogP contribution is -2.58. The number of rotatable bonds is 7. The zero-order chi connectivity index (χ0) is 22.9. The summed E-state index contributed by atoms with van der Waals surface area (Å²) in [5.41, 5.74) is 0.515. The Morgan fingerprint density at radius 3 is 2.23 bits per heavy atom. The Morgan fingerprint density at radius 2 is 1.80 bits per heavy atom. The highest BCUT2D eigenvalue weighted by atomic mass is 32.2. The lowest BCUT2D eigenvalue weighted by Gasteiger charge is -2.30. The molecule has 0 bridgehead atoms. The number of amides is 1. The molecule has 1 aliphatic rings. The molecule has 6 nitrogen and oxygen atoms in total. The Hall–Kier alpha value is -1.73. The summed E-state index contributed by atoms with van der Waals surface area (Å²) in [6.45, 7) is 13.2. The molecule has 1 amide bonds. The molecule has 7 heteroatoms. The number of hydrogen-bond donors (Lipinski definition) is 1. The van der Waals surface area contributed by atoms with Crippen LogP contribution >= 0.6 is 0 Å². The molecule has 3 atom stereocenters. The van der Waals surface area contributed by atoms with E-state index in [1.165, 1.54) is 0 Å². The van der Waals surface area contributed by atoms with Gasteiger partial charge in [-0.05, 0) is 42.7 Å². The van der Waals surface area contributed by atoms with Gasteiger partial charge in [0.2, 0.25) is 5.91 Å². The molecule has 0 radical (unpaired) electrons. The molecule has 0 aromatic heterocycles. The average molecular weight is 438 g/mol. The van der Waals surface area contributed by atoms with Crippen LogP contribution in [-0.4, -0.2) is 43.6 Å². The van der Waals surface area contributed by atoms with E-state index in [-0.39, 0.29) is 35.9 Å². The summed E-state index contributed by atoms with van der Waals surface area (Å²) in [7, 11) is -3.79. The first-order valence-corrected chi connectivity index (χ1v) is 12.2. The van der Waals surface area contributed by atoms with Crippen molar-refractivity contribution in [2.45, 2.75) is 82.9 Å². The van der Waals surface area contributed by atoms with Crippen LogP contribution in [0.4, 0.5) is 0 Å². The van der Waals surface area contributed by atoms with Gasteiger partial charge in [-0.2, -0.15) is 0 Å². The topological polar surface area (TPSA) is 89.5 Å². The molecule has 1 fully saturated rings. The minimum atomic E-state index is -3.79. The Kier molecular flexibility index (Phi) is 7.19. The van der Waals surface area contributed by atoms with E-state index < -0.39 is 32.6 Å². The van der Waals surface area contributed by atoms with E-state index >= 15 is 0 Å². The van der Waals surface area contributed by atoms with Gasteiger partial charge in [-0.25, -0.2) is 8.42 Å². The SMILES string of the molecule is CC(C)C[C@H](C(=O)N[C@@]1(C)C(=O)CO[C@@H]1C)S(=O)(=O)Cc1ccc(C(C)(C)C)cc1. The minimum Gasteiger partial charge on any atom is -0.368 e. The van der Waals surface area contributed by atoms with Crippen molar-refractivity contribution in [3.8, 4) is 0 Å². The van der Waals surface area contributed by atoms with Crippen molar-refractivity contribution in [2.24, 2.45) is 5.92 Å². The van der Waals surface area contributed by atoms with E-state index in [1.807, 2.05) is 26.0 Å². The fourth-order valence-corrected chi connectivity index (χ4v) is 5.45. The van der Waals surface area contributed by atoms with Gasteiger partial charge < -0.3 is 10.1 Å². The summed E-state index contributed by atoms with van der Waals surface area (Å²) in [6, 6.07) is 7.47. The number of hydrogen-bond acceptors (Lipinski definition) is 5. The molecule has 0 unspecified atom stereocenters. The molecule has 1 N–H and O–H groups in total. The van der Waals surface area contributed by atoms with E-state index in [9.17, 15) is 18.0 Å². The first-order chi connectivity index (χ1) is 13.7. The quantitative estimate of drug-likeness (QED) is 0.708. The molecular weight excluding hydrogens is 402 g/mol. The normalized spacial score (nSPS) is 23.6. The lowest BCUT2D eigenvalue weighted by atomic mass is 9.87. The first kappa shape index (κ1) is 24.5. The minimum absolute atomic E-state index is 0.000416. The van der Waals surface area contributed by atoms with E-state index in [2.05, 4.69) is 26.1 Å². The monoisotopic (exact) mass is 437 g/mol. The van der Waals surface area contributed by atoms with Crippen LogP contribution in [0.15, 0.2) is 24.3 Å². The summed E-state index contributed by atoms with van der Waals surface area (Å²) >= 11 is 0. The molecule has 1 saturated heterocycles. The van der Waals surface area contributed by atoms with Gasteiger partial charge in [0.1, 0.15) is 17.4 Å². The van der Waals surface area contributed by atoms with Crippen molar-refractivity contribution in [3.63, 3.8) is 0 Å². The van der Waals surface area contributed by atoms with Gasteiger partial charge in [0.15, 0.2) is 15.6 Å². The van der Waals surface area contributed by atoms with E-state index in [0.29, 0.717) is 5.56 Å². The third-order valence-electron chi connectivity index (χ3n) is 5.84. The molecular formula is C23H35NO5S. The fourth-order valence-electron chi connectivity index (χ4n) is 3.53. The van der Waals surface area contributed by atoms with Crippen molar-refractivity contribution in [3.05, 3.63) is 35.4 Å². The first-order valence-electron chi connectivity index (χ1n) is 10.4. The smallest absolute Gasteiger partial charge is 0.239 e.